The van der Waals surface area contributed by atoms with Crippen LogP contribution in [0.25, 0.3) is 0 Å². The minimum Gasteiger partial charge on any atom is -0.319 e. The van der Waals surface area contributed by atoms with E-state index in [1.165, 1.54) is 4.68 Å². The molecule has 0 fully saturated rings. The van der Waals surface area contributed by atoms with Gasteiger partial charge in [0.2, 0.25) is 0 Å². The second-order valence-electron chi connectivity index (χ2n) is 3.30. The lowest BCUT2D eigenvalue weighted by Crippen LogP contribution is -2.41. The summed E-state index contributed by atoms with van der Waals surface area (Å²) in [6.45, 7) is -0.0586. The van der Waals surface area contributed by atoms with E-state index in [0.29, 0.717) is 10.7 Å². The molecule has 0 unspecified atom stereocenters. The molecule has 0 aliphatic carbocycles. The number of benzene rings is 1. The number of H-pyrrole nitrogens is 1. The Labute approximate surface area is 101 Å². The zero-order valence-electron chi connectivity index (χ0n) is 8.64. The van der Waals surface area contributed by atoms with Crippen LogP contribution in [0.4, 0.5) is 5.69 Å². The van der Waals surface area contributed by atoms with Gasteiger partial charge in [-0.25, -0.2) is 4.79 Å². The molecule has 2 rings (SSSR count). The van der Waals surface area contributed by atoms with Crippen molar-refractivity contribution < 1.29 is 14.0 Å². The van der Waals surface area contributed by atoms with Crippen LogP contribution in [0.5, 0.6) is 0 Å². The summed E-state index contributed by atoms with van der Waals surface area (Å²) in [6, 6.07) is 6.88. The van der Waals surface area contributed by atoms with Crippen LogP contribution in [0.1, 0.15) is 0 Å². The number of nitrogens with zero attached hydrogens (tertiary/aromatic N) is 1. The molecule has 7 heteroatoms. The monoisotopic (exact) mass is 254 g/mol. The highest BCUT2D eigenvalue weighted by Crippen LogP contribution is 2.19. The van der Waals surface area contributed by atoms with E-state index in [1.54, 1.807) is 24.3 Å². The lowest BCUT2D eigenvalue weighted by atomic mass is 10.3. The molecule has 0 aliphatic heterocycles. The predicted octanol–water partition coefficient (Wildman–Crippen LogP) is 0.547. The van der Waals surface area contributed by atoms with Gasteiger partial charge in [-0.3, -0.25) is 9.32 Å². The first-order chi connectivity index (χ1) is 8.15. The number of nitrogens with one attached hydrogen (secondary N) is 2. The van der Waals surface area contributed by atoms with Crippen molar-refractivity contribution in [1.29, 1.82) is 0 Å². The number of hydrogen-bond acceptors (Lipinski definition) is 3. The van der Waals surface area contributed by atoms with E-state index in [-0.39, 0.29) is 12.5 Å². The summed E-state index contributed by atoms with van der Waals surface area (Å²) in [7, 11) is 0. The average molecular weight is 255 g/mol. The van der Waals surface area contributed by atoms with Gasteiger partial charge in [-0.2, -0.15) is 0 Å². The molecule has 0 radical (unpaired) electrons. The molecule has 1 aromatic carbocycles. The van der Waals surface area contributed by atoms with Crippen LogP contribution < -0.4 is 15.6 Å². The fraction of sp³-hybridized carbons (Fsp3) is 0.100. The van der Waals surface area contributed by atoms with Gasteiger partial charge in [0.1, 0.15) is 0 Å². The normalized spacial score (nSPS) is 10.2. The molecule has 1 aromatic heterocycles. The minimum absolute atomic E-state index is 0.0586. The second-order valence-corrected chi connectivity index (χ2v) is 3.70. The van der Waals surface area contributed by atoms with E-state index >= 15 is 0 Å². The Morgan fingerprint density at radius 2 is 2.24 bits per heavy atom. The van der Waals surface area contributed by atoms with Crippen LogP contribution in [-0.4, -0.2) is 11.2 Å². The number of anilines is 1. The smallest absolute Gasteiger partial charge is 0.319 e. The van der Waals surface area contributed by atoms with Gasteiger partial charge in [0.15, 0.2) is 0 Å². The molecule has 88 valence electrons. The SMILES string of the molecule is O=C(C[n+]1cc(=O)o[nH]1)Nc1ccccc1Cl. The van der Waals surface area contributed by atoms with Crippen molar-refractivity contribution in [2.45, 2.75) is 6.54 Å². The molecule has 17 heavy (non-hydrogen) atoms. The van der Waals surface area contributed by atoms with Gasteiger partial charge in [0.25, 0.3) is 18.6 Å². The number of aromatic nitrogens is 2. The van der Waals surface area contributed by atoms with E-state index in [2.05, 4.69) is 15.1 Å². The predicted molar refractivity (Wildman–Crippen MR) is 59.6 cm³/mol. The average Bonchev–Trinajstić information content (AvgIpc) is 2.67. The molecular weight excluding hydrogens is 246 g/mol. The molecule has 0 saturated carbocycles. The molecule has 1 heterocycles. The van der Waals surface area contributed by atoms with E-state index in [0.717, 1.165) is 6.20 Å². The fourth-order valence-corrected chi connectivity index (χ4v) is 1.45. The third kappa shape index (κ3) is 2.94. The standard InChI is InChI=1S/C10H8ClN3O3/c11-7-3-1-2-4-8(7)12-9(15)5-14-6-10(16)17-13-14/h1-4,6H,5H2,(H-,12,13,15,16)/p+1. The van der Waals surface area contributed by atoms with Crippen LogP contribution in [-0.2, 0) is 11.3 Å². The van der Waals surface area contributed by atoms with Gasteiger partial charge in [-0.1, -0.05) is 28.4 Å². The molecule has 0 saturated heterocycles. The second kappa shape index (κ2) is 4.84. The van der Waals surface area contributed by atoms with Crippen LogP contribution >= 0.6 is 11.6 Å². The van der Waals surface area contributed by atoms with Crippen LogP contribution in [0.3, 0.4) is 0 Å². The number of amides is 1. The summed E-state index contributed by atoms with van der Waals surface area (Å²) >= 11 is 5.88. The first-order valence-electron chi connectivity index (χ1n) is 4.77. The zero-order valence-corrected chi connectivity index (χ0v) is 9.40. The highest BCUT2D eigenvalue weighted by Gasteiger charge is 2.13. The van der Waals surface area contributed by atoms with Gasteiger partial charge in [-0.15, -0.1) is 0 Å². The maximum absolute atomic E-state index is 11.6. The summed E-state index contributed by atoms with van der Waals surface area (Å²) in [4.78, 5) is 22.3. The Hall–Kier alpha value is -2.08. The number of carbonyl (C=O) groups is 1. The number of carbonyl (C=O) groups excluding carboxylic acids is 1. The molecule has 1 amide bonds. The maximum atomic E-state index is 11.6. The van der Waals surface area contributed by atoms with Gasteiger partial charge in [-0.05, 0) is 17.4 Å². The van der Waals surface area contributed by atoms with Crippen molar-refractivity contribution >= 4 is 23.2 Å². The molecule has 6 nitrogen and oxygen atoms in total. The molecule has 0 spiro atoms. The Morgan fingerprint density at radius 1 is 1.47 bits per heavy atom. The topological polar surface area (TPSA) is 79.0 Å². The molecule has 0 atom stereocenters. The van der Waals surface area contributed by atoms with E-state index < -0.39 is 5.63 Å². The number of para-hydroxylation sites is 1. The van der Waals surface area contributed by atoms with E-state index in [9.17, 15) is 9.59 Å². The van der Waals surface area contributed by atoms with Crippen molar-refractivity contribution in [3.05, 3.63) is 45.9 Å². The summed E-state index contributed by atoms with van der Waals surface area (Å²) in [5.74, 6) is -0.319. The number of aromatic amines is 1. The molecular formula is C10H9ClN3O3+. The highest BCUT2D eigenvalue weighted by atomic mass is 35.5. The van der Waals surface area contributed by atoms with Crippen LogP contribution in [0.15, 0.2) is 39.8 Å². The third-order valence-electron chi connectivity index (χ3n) is 1.99. The van der Waals surface area contributed by atoms with Crippen molar-refractivity contribution in [2.24, 2.45) is 0 Å². The summed E-state index contributed by atoms with van der Waals surface area (Å²) in [6.07, 6.45) is 1.15. The number of halogens is 1. The molecule has 0 bridgehead atoms. The van der Waals surface area contributed by atoms with Crippen LogP contribution in [0, 0.1) is 0 Å². The maximum Gasteiger partial charge on any atom is 0.426 e. The van der Waals surface area contributed by atoms with Gasteiger partial charge in [0.05, 0.1) is 10.7 Å². The first kappa shape index (κ1) is 11.4. The first-order valence-corrected chi connectivity index (χ1v) is 5.15. The van der Waals surface area contributed by atoms with Gasteiger partial charge in [0, 0.05) is 0 Å². The Morgan fingerprint density at radius 3 is 2.88 bits per heavy atom. The van der Waals surface area contributed by atoms with Crippen molar-refractivity contribution in [3.8, 4) is 0 Å². The van der Waals surface area contributed by atoms with Gasteiger partial charge < -0.3 is 5.32 Å². The zero-order chi connectivity index (χ0) is 12.3. The molecule has 2 aromatic rings. The van der Waals surface area contributed by atoms with Crippen LogP contribution in [0.2, 0.25) is 5.02 Å². The fourth-order valence-electron chi connectivity index (χ4n) is 1.27. The number of rotatable bonds is 3. The summed E-state index contributed by atoms with van der Waals surface area (Å²) < 4.78 is 5.65. The number of hydrogen-bond donors (Lipinski definition) is 2. The molecule has 0 aliphatic rings. The largest absolute Gasteiger partial charge is 0.426 e. The quantitative estimate of drug-likeness (QED) is 0.785. The Kier molecular flexibility index (Phi) is 3.24. The molecule has 2 N–H and O–H groups in total. The summed E-state index contributed by atoms with van der Waals surface area (Å²) in [5, 5.41) is 5.34. The van der Waals surface area contributed by atoms with Gasteiger partial charge >= 0.3 is 5.63 Å². The lowest BCUT2D eigenvalue weighted by Gasteiger charge is -2.03. The lowest BCUT2D eigenvalue weighted by molar-refractivity contribution is -0.750. The Bertz CT molecular complexity index is 590. The Balaban J connectivity index is 2.03. The van der Waals surface area contributed by atoms with Crippen molar-refractivity contribution in [1.82, 2.24) is 5.27 Å². The third-order valence-corrected chi connectivity index (χ3v) is 2.32. The van der Waals surface area contributed by atoms with E-state index in [1.807, 2.05) is 0 Å². The highest BCUT2D eigenvalue weighted by molar-refractivity contribution is 6.33. The van der Waals surface area contributed by atoms with E-state index in [4.69, 9.17) is 11.6 Å². The minimum atomic E-state index is -0.546. The van der Waals surface area contributed by atoms with Crippen molar-refractivity contribution in [3.63, 3.8) is 0 Å². The van der Waals surface area contributed by atoms with Crippen molar-refractivity contribution in [2.75, 3.05) is 5.32 Å². The summed E-state index contributed by atoms with van der Waals surface area (Å²) in [5.41, 5.74) is -0.0267.